The van der Waals surface area contributed by atoms with Crippen LogP contribution in [0.4, 0.5) is 11.4 Å². The Labute approximate surface area is 159 Å². The fourth-order valence-electron chi connectivity index (χ4n) is 2.76. The molecular weight excluding hydrogens is 360 g/mol. The molecule has 0 unspecified atom stereocenters. The van der Waals surface area contributed by atoms with Crippen molar-refractivity contribution in [1.82, 2.24) is 0 Å². The molecule has 0 atom stereocenters. The molecule has 0 aromatic heterocycles. The summed E-state index contributed by atoms with van der Waals surface area (Å²) >= 11 is 0. The maximum Gasteiger partial charge on any atom is 0.264 e. The molecule has 3 rings (SSSR count). The maximum absolute atomic E-state index is 13.0. The number of amides is 1. The molecule has 0 spiro atoms. The van der Waals surface area contributed by atoms with Crippen LogP contribution in [0.15, 0.2) is 89.8 Å². The second kappa shape index (κ2) is 7.63. The molecular formula is C21H20N2O3S. The predicted octanol–water partition coefficient (Wildman–Crippen LogP) is 3.79. The molecule has 0 heterocycles. The van der Waals surface area contributed by atoms with Crippen molar-refractivity contribution in [3.63, 3.8) is 0 Å². The molecule has 0 fully saturated rings. The number of carbonyl (C=O) groups is 1. The van der Waals surface area contributed by atoms with Gasteiger partial charge < -0.3 is 4.90 Å². The molecule has 5 nitrogen and oxygen atoms in total. The second-order valence-corrected chi connectivity index (χ2v) is 7.97. The Balaban J connectivity index is 2.00. The van der Waals surface area contributed by atoms with E-state index in [0.717, 1.165) is 9.99 Å². The first kappa shape index (κ1) is 18.7. The Hall–Kier alpha value is -3.12. The lowest BCUT2D eigenvalue weighted by Gasteiger charge is -2.24. The number of sulfonamides is 1. The van der Waals surface area contributed by atoms with Crippen molar-refractivity contribution in [1.29, 1.82) is 0 Å². The summed E-state index contributed by atoms with van der Waals surface area (Å²) in [6.45, 7) is 0. The summed E-state index contributed by atoms with van der Waals surface area (Å²) < 4.78 is 27.0. The number of benzene rings is 3. The van der Waals surface area contributed by atoms with Crippen LogP contribution < -0.4 is 9.21 Å². The van der Waals surface area contributed by atoms with Crippen LogP contribution >= 0.6 is 0 Å². The number of para-hydroxylation sites is 2. The van der Waals surface area contributed by atoms with Gasteiger partial charge in [-0.25, -0.2) is 8.42 Å². The maximum atomic E-state index is 13.0. The highest BCUT2D eigenvalue weighted by molar-refractivity contribution is 7.92. The highest BCUT2D eigenvalue weighted by Gasteiger charge is 2.26. The van der Waals surface area contributed by atoms with Crippen LogP contribution in [0.3, 0.4) is 0 Å². The zero-order chi connectivity index (χ0) is 19.4. The van der Waals surface area contributed by atoms with E-state index in [-0.39, 0.29) is 10.8 Å². The van der Waals surface area contributed by atoms with E-state index in [1.54, 1.807) is 49.5 Å². The Bertz CT molecular complexity index is 1040. The van der Waals surface area contributed by atoms with Crippen molar-refractivity contribution >= 4 is 27.3 Å². The standard InChI is InChI=1S/C21H20N2O3S/c1-22(17-11-5-3-6-12-17)21(24)19-15-9-10-16-20(19)23(2)27(25,26)18-13-7-4-8-14-18/h3-16H,1-2H3. The third kappa shape index (κ3) is 3.71. The van der Waals surface area contributed by atoms with Gasteiger partial charge in [-0.1, -0.05) is 48.5 Å². The normalized spacial score (nSPS) is 11.0. The lowest BCUT2D eigenvalue weighted by molar-refractivity contribution is 0.0993. The minimum absolute atomic E-state index is 0.172. The van der Waals surface area contributed by atoms with Crippen LogP contribution in [0.5, 0.6) is 0 Å². The quantitative estimate of drug-likeness (QED) is 0.677. The summed E-state index contributed by atoms with van der Waals surface area (Å²) in [4.78, 5) is 14.7. The van der Waals surface area contributed by atoms with Gasteiger partial charge in [-0.2, -0.15) is 0 Å². The van der Waals surface area contributed by atoms with Gasteiger partial charge in [0.05, 0.1) is 16.1 Å². The molecule has 27 heavy (non-hydrogen) atoms. The molecule has 138 valence electrons. The summed E-state index contributed by atoms with van der Waals surface area (Å²) in [6, 6.07) is 24.1. The fourth-order valence-corrected chi connectivity index (χ4v) is 3.99. The van der Waals surface area contributed by atoms with E-state index in [2.05, 4.69) is 0 Å². The van der Waals surface area contributed by atoms with Gasteiger partial charge in [0.15, 0.2) is 0 Å². The van der Waals surface area contributed by atoms with Crippen LogP contribution in [0, 0.1) is 0 Å². The number of rotatable bonds is 5. The Morgan fingerprint density at radius 2 is 1.26 bits per heavy atom. The van der Waals surface area contributed by atoms with E-state index in [9.17, 15) is 13.2 Å². The Morgan fingerprint density at radius 3 is 1.89 bits per heavy atom. The number of hydrogen-bond acceptors (Lipinski definition) is 3. The fraction of sp³-hybridized carbons (Fsp3) is 0.0952. The average Bonchev–Trinajstić information content (AvgIpc) is 2.73. The third-order valence-electron chi connectivity index (χ3n) is 4.32. The average molecular weight is 380 g/mol. The van der Waals surface area contributed by atoms with Gasteiger partial charge in [0.1, 0.15) is 0 Å². The van der Waals surface area contributed by atoms with E-state index in [1.165, 1.54) is 24.1 Å². The first-order chi connectivity index (χ1) is 12.9. The Kier molecular flexibility index (Phi) is 5.28. The molecule has 1 amide bonds. The van der Waals surface area contributed by atoms with Gasteiger partial charge >= 0.3 is 0 Å². The van der Waals surface area contributed by atoms with Gasteiger partial charge in [0, 0.05) is 19.8 Å². The lowest BCUT2D eigenvalue weighted by Crippen LogP contribution is -2.31. The lowest BCUT2D eigenvalue weighted by atomic mass is 10.1. The first-order valence-electron chi connectivity index (χ1n) is 8.39. The zero-order valence-corrected chi connectivity index (χ0v) is 15.9. The predicted molar refractivity (Wildman–Crippen MR) is 108 cm³/mol. The molecule has 0 aliphatic carbocycles. The van der Waals surface area contributed by atoms with Gasteiger partial charge in [-0.3, -0.25) is 9.10 Å². The van der Waals surface area contributed by atoms with Gasteiger partial charge in [0.25, 0.3) is 15.9 Å². The highest BCUT2D eigenvalue weighted by Crippen LogP contribution is 2.27. The van der Waals surface area contributed by atoms with Crippen molar-refractivity contribution < 1.29 is 13.2 Å². The van der Waals surface area contributed by atoms with Gasteiger partial charge in [-0.05, 0) is 36.4 Å². The van der Waals surface area contributed by atoms with Crippen LogP contribution in [-0.2, 0) is 10.0 Å². The van der Waals surface area contributed by atoms with Crippen LogP contribution in [0.2, 0.25) is 0 Å². The largest absolute Gasteiger partial charge is 0.311 e. The summed E-state index contributed by atoms with van der Waals surface area (Å²) in [5.41, 5.74) is 1.37. The number of anilines is 2. The van der Waals surface area contributed by atoms with Crippen molar-refractivity contribution in [3.8, 4) is 0 Å². The molecule has 0 bridgehead atoms. The molecule has 0 radical (unpaired) electrons. The van der Waals surface area contributed by atoms with Crippen molar-refractivity contribution in [2.45, 2.75) is 4.90 Å². The molecule has 0 saturated carbocycles. The van der Waals surface area contributed by atoms with Crippen molar-refractivity contribution in [2.24, 2.45) is 0 Å². The zero-order valence-electron chi connectivity index (χ0n) is 15.1. The van der Waals surface area contributed by atoms with Crippen LogP contribution in [0.1, 0.15) is 10.4 Å². The minimum Gasteiger partial charge on any atom is -0.311 e. The van der Waals surface area contributed by atoms with E-state index in [4.69, 9.17) is 0 Å². The first-order valence-corrected chi connectivity index (χ1v) is 9.83. The summed E-state index contributed by atoms with van der Waals surface area (Å²) in [5.74, 6) is -0.285. The third-order valence-corrected chi connectivity index (χ3v) is 6.11. The van der Waals surface area contributed by atoms with Gasteiger partial charge in [-0.15, -0.1) is 0 Å². The summed E-state index contributed by atoms with van der Waals surface area (Å²) in [7, 11) is -0.654. The van der Waals surface area contributed by atoms with E-state index >= 15 is 0 Å². The van der Waals surface area contributed by atoms with Crippen molar-refractivity contribution in [2.75, 3.05) is 23.3 Å². The number of hydrogen-bond donors (Lipinski definition) is 0. The topological polar surface area (TPSA) is 57.7 Å². The Morgan fingerprint density at radius 1 is 0.741 bits per heavy atom. The van der Waals surface area contributed by atoms with Crippen LogP contribution in [-0.4, -0.2) is 28.4 Å². The molecule has 0 aliphatic heterocycles. The number of nitrogens with zero attached hydrogens (tertiary/aromatic N) is 2. The SMILES string of the molecule is CN(C(=O)c1ccccc1N(C)S(=O)(=O)c1ccccc1)c1ccccc1. The van der Waals surface area contributed by atoms with E-state index < -0.39 is 10.0 Å². The molecule has 0 saturated heterocycles. The van der Waals surface area contributed by atoms with Crippen LogP contribution in [0.25, 0.3) is 0 Å². The number of carbonyl (C=O) groups excluding carboxylic acids is 1. The smallest absolute Gasteiger partial charge is 0.264 e. The monoisotopic (exact) mass is 380 g/mol. The summed E-state index contributed by atoms with van der Waals surface area (Å²) in [5, 5.41) is 0. The minimum atomic E-state index is -3.78. The van der Waals surface area contributed by atoms with E-state index in [0.29, 0.717) is 11.3 Å². The molecule has 0 N–H and O–H groups in total. The second-order valence-electron chi connectivity index (χ2n) is 6.00. The molecule has 0 aliphatic rings. The molecule has 3 aromatic carbocycles. The van der Waals surface area contributed by atoms with E-state index in [1.807, 2.05) is 30.3 Å². The highest BCUT2D eigenvalue weighted by atomic mass is 32.2. The molecule has 3 aromatic rings. The van der Waals surface area contributed by atoms with Gasteiger partial charge in [0.2, 0.25) is 0 Å². The summed E-state index contributed by atoms with van der Waals surface area (Å²) in [6.07, 6.45) is 0. The van der Waals surface area contributed by atoms with Crippen molar-refractivity contribution in [3.05, 3.63) is 90.5 Å². The molecule has 6 heteroatoms.